The smallest absolute Gasteiger partial charge is 0.357 e. The van der Waals surface area contributed by atoms with E-state index in [1.54, 1.807) is 6.07 Å². The lowest BCUT2D eigenvalue weighted by molar-refractivity contribution is -0.128. The highest BCUT2D eigenvalue weighted by Crippen LogP contribution is 2.26. The number of nitrogens with one attached hydrogen (secondary N) is 2. The third kappa shape index (κ3) is 6.59. The minimum absolute atomic E-state index is 0.0617. The van der Waals surface area contributed by atoms with E-state index in [0.717, 1.165) is 4.90 Å². The minimum Gasteiger partial charge on any atom is -0.495 e. The quantitative estimate of drug-likeness (QED) is 0.592. The molecule has 1 aromatic carbocycles. The zero-order valence-corrected chi connectivity index (χ0v) is 15.2. The molecule has 0 spiro atoms. The number of benzene rings is 1. The average molecular weight is 373 g/mol. The molecule has 0 unspecified atom stereocenters. The SMILES string of the molecule is CCCN(C(=O)CCc1ccc(OC)c(NS(=O)(=O)O)c1)C(=O)NC. The highest BCUT2D eigenvalue weighted by molar-refractivity contribution is 7.87. The van der Waals surface area contributed by atoms with Crippen molar-refractivity contribution in [2.45, 2.75) is 26.2 Å². The van der Waals surface area contributed by atoms with E-state index in [-0.39, 0.29) is 23.8 Å². The molecular formula is C15H23N3O6S. The molecule has 9 nitrogen and oxygen atoms in total. The van der Waals surface area contributed by atoms with Gasteiger partial charge >= 0.3 is 16.3 Å². The van der Waals surface area contributed by atoms with Crippen LogP contribution in [0.4, 0.5) is 10.5 Å². The Morgan fingerprint density at radius 3 is 2.52 bits per heavy atom. The van der Waals surface area contributed by atoms with Gasteiger partial charge in [-0.05, 0) is 30.5 Å². The number of methoxy groups -OCH3 is 1. The van der Waals surface area contributed by atoms with E-state index in [1.807, 2.05) is 11.6 Å². The van der Waals surface area contributed by atoms with Crippen LogP contribution in [-0.4, -0.2) is 50.5 Å². The number of anilines is 1. The van der Waals surface area contributed by atoms with Crippen molar-refractivity contribution in [2.75, 3.05) is 25.4 Å². The molecule has 25 heavy (non-hydrogen) atoms. The number of carbonyl (C=O) groups excluding carboxylic acids is 2. The molecule has 0 bridgehead atoms. The van der Waals surface area contributed by atoms with Crippen molar-refractivity contribution in [1.82, 2.24) is 10.2 Å². The molecular weight excluding hydrogens is 350 g/mol. The third-order valence-electron chi connectivity index (χ3n) is 3.34. The zero-order chi connectivity index (χ0) is 19.0. The second-order valence-corrected chi connectivity index (χ2v) is 6.37. The molecule has 0 radical (unpaired) electrons. The molecule has 0 heterocycles. The van der Waals surface area contributed by atoms with Gasteiger partial charge in [0.15, 0.2) is 0 Å². The van der Waals surface area contributed by atoms with Gasteiger partial charge in [0.1, 0.15) is 5.75 Å². The van der Waals surface area contributed by atoms with Crippen LogP contribution in [0.25, 0.3) is 0 Å². The molecule has 0 aliphatic rings. The van der Waals surface area contributed by atoms with Gasteiger partial charge in [-0.3, -0.25) is 19.0 Å². The lowest BCUT2D eigenvalue weighted by atomic mass is 10.1. The van der Waals surface area contributed by atoms with E-state index in [2.05, 4.69) is 5.32 Å². The first-order valence-corrected chi connectivity index (χ1v) is 9.10. The Bertz CT molecular complexity index is 720. The van der Waals surface area contributed by atoms with Crippen LogP contribution in [0.3, 0.4) is 0 Å². The monoisotopic (exact) mass is 373 g/mol. The number of imide groups is 1. The van der Waals surface area contributed by atoms with Crippen molar-refractivity contribution in [1.29, 1.82) is 0 Å². The molecule has 1 rings (SSSR count). The topological polar surface area (TPSA) is 125 Å². The van der Waals surface area contributed by atoms with Gasteiger partial charge in [-0.1, -0.05) is 13.0 Å². The Kier molecular flexibility index (Phi) is 7.65. The maximum atomic E-state index is 12.2. The lowest BCUT2D eigenvalue weighted by Crippen LogP contribution is -2.42. The molecule has 0 aliphatic heterocycles. The number of amides is 3. The summed E-state index contributed by atoms with van der Waals surface area (Å²) < 4.78 is 37.9. The van der Waals surface area contributed by atoms with Crippen LogP contribution in [-0.2, 0) is 21.5 Å². The molecule has 0 fully saturated rings. The summed E-state index contributed by atoms with van der Waals surface area (Å²) in [4.78, 5) is 25.1. The number of nitrogens with zero attached hydrogens (tertiary/aromatic N) is 1. The molecule has 1 aromatic rings. The standard InChI is InChI=1S/C15H23N3O6S/c1-4-9-18(15(20)16-2)14(19)8-6-11-5-7-13(24-3)12(10-11)17-25(21,22)23/h5,7,10,17H,4,6,8-9H2,1-3H3,(H,16,20)(H,21,22,23). The van der Waals surface area contributed by atoms with Crippen LogP contribution in [0.5, 0.6) is 5.75 Å². The zero-order valence-electron chi connectivity index (χ0n) is 14.4. The Labute approximate surface area is 147 Å². The van der Waals surface area contributed by atoms with Gasteiger partial charge < -0.3 is 10.1 Å². The minimum atomic E-state index is -4.45. The van der Waals surface area contributed by atoms with E-state index in [9.17, 15) is 18.0 Å². The summed E-state index contributed by atoms with van der Waals surface area (Å²) in [5, 5.41) is 2.42. The highest BCUT2D eigenvalue weighted by atomic mass is 32.2. The summed E-state index contributed by atoms with van der Waals surface area (Å²) >= 11 is 0. The van der Waals surface area contributed by atoms with Crippen LogP contribution in [0.15, 0.2) is 18.2 Å². The summed E-state index contributed by atoms with van der Waals surface area (Å²) in [6, 6.07) is 4.20. The number of rotatable bonds is 8. The summed E-state index contributed by atoms with van der Waals surface area (Å²) in [5.74, 6) is -0.105. The summed E-state index contributed by atoms with van der Waals surface area (Å²) in [6.07, 6.45) is 1.01. The van der Waals surface area contributed by atoms with Crippen LogP contribution in [0.1, 0.15) is 25.3 Å². The second kappa shape index (κ2) is 9.23. The van der Waals surface area contributed by atoms with Crippen LogP contribution in [0.2, 0.25) is 0 Å². The molecule has 0 aliphatic carbocycles. The van der Waals surface area contributed by atoms with Crippen molar-refractivity contribution in [3.05, 3.63) is 23.8 Å². The summed E-state index contributed by atoms with van der Waals surface area (Å²) in [6.45, 7) is 2.18. The Balaban J connectivity index is 2.87. The summed E-state index contributed by atoms with van der Waals surface area (Å²) in [7, 11) is -1.64. The second-order valence-electron chi connectivity index (χ2n) is 5.21. The normalized spacial score (nSPS) is 10.9. The van der Waals surface area contributed by atoms with E-state index in [4.69, 9.17) is 9.29 Å². The Hall–Kier alpha value is -2.33. The number of ether oxygens (including phenoxy) is 1. The Morgan fingerprint density at radius 1 is 1.32 bits per heavy atom. The predicted molar refractivity (Wildman–Crippen MR) is 92.9 cm³/mol. The van der Waals surface area contributed by atoms with Gasteiger partial charge in [0.05, 0.1) is 12.8 Å². The first-order valence-electron chi connectivity index (χ1n) is 7.66. The van der Waals surface area contributed by atoms with Crippen molar-refractivity contribution >= 4 is 27.9 Å². The van der Waals surface area contributed by atoms with Crippen molar-refractivity contribution in [3.8, 4) is 5.75 Å². The van der Waals surface area contributed by atoms with E-state index < -0.39 is 16.3 Å². The number of urea groups is 1. The van der Waals surface area contributed by atoms with Gasteiger partial charge in [0.2, 0.25) is 5.91 Å². The van der Waals surface area contributed by atoms with Gasteiger partial charge in [-0.25, -0.2) is 4.79 Å². The molecule has 0 saturated carbocycles. The van der Waals surface area contributed by atoms with Crippen LogP contribution >= 0.6 is 0 Å². The van der Waals surface area contributed by atoms with Crippen molar-refractivity contribution < 1.29 is 27.3 Å². The van der Waals surface area contributed by atoms with E-state index >= 15 is 0 Å². The van der Waals surface area contributed by atoms with Gasteiger partial charge in [0.25, 0.3) is 0 Å². The first kappa shape index (κ1) is 20.7. The Morgan fingerprint density at radius 2 is 2.00 bits per heavy atom. The lowest BCUT2D eigenvalue weighted by Gasteiger charge is -2.19. The molecule has 3 amide bonds. The molecule has 0 aromatic heterocycles. The highest BCUT2D eigenvalue weighted by Gasteiger charge is 2.19. The van der Waals surface area contributed by atoms with Crippen molar-refractivity contribution in [3.63, 3.8) is 0 Å². The van der Waals surface area contributed by atoms with Crippen LogP contribution in [0, 0.1) is 0 Å². The fourth-order valence-corrected chi connectivity index (χ4v) is 2.65. The number of hydrogen-bond donors (Lipinski definition) is 3. The molecule has 0 atom stereocenters. The largest absolute Gasteiger partial charge is 0.495 e. The average Bonchev–Trinajstić information content (AvgIpc) is 2.55. The fourth-order valence-electron chi connectivity index (χ4n) is 2.21. The number of carbonyl (C=O) groups is 2. The van der Waals surface area contributed by atoms with E-state index in [0.29, 0.717) is 24.9 Å². The number of hydrogen-bond acceptors (Lipinski definition) is 5. The first-order chi connectivity index (χ1) is 11.7. The molecule has 0 saturated heterocycles. The maximum Gasteiger partial charge on any atom is 0.357 e. The van der Waals surface area contributed by atoms with Crippen molar-refractivity contribution in [2.24, 2.45) is 0 Å². The molecule has 3 N–H and O–H groups in total. The van der Waals surface area contributed by atoms with Gasteiger partial charge in [-0.15, -0.1) is 0 Å². The number of aryl methyl sites for hydroxylation is 1. The molecule has 10 heteroatoms. The van der Waals surface area contributed by atoms with Gasteiger partial charge in [0, 0.05) is 20.0 Å². The molecule has 140 valence electrons. The third-order valence-corrected chi connectivity index (χ3v) is 3.82. The van der Waals surface area contributed by atoms with Crippen LogP contribution < -0.4 is 14.8 Å². The summed E-state index contributed by atoms with van der Waals surface area (Å²) in [5.41, 5.74) is 0.709. The predicted octanol–water partition coefficient (Wildman–Crippen LogP) is 1.42. The maximum absolute atomic E-state index is 12.2. The fraction of sp³-hybridized carbons (Fsp3) is 0.467. The van der Waals surface area contributed by atoms with Gasteiger partial charge in [-0.2, -0.15) is 8.42 Å². The van der Waals surface area contributed by atoms with E-state index in [1.165, 1.54) is 26.3 Å².